The molecule has 0 aromatic heterocycles. The lowest BCUT2D eigenvalue weighted by Crippen LogP contribution is -2.37. The number of nitrogens with zero attached hydrogens (tertiary/aromatic N) is 1. The van der Waals surface area contributed by atoms with Crippen LogP contribution in [0.3, 0.4) is 0 Å². The number of amides is 1. The third-order valence-electron chi connectivity index (χ3n) is 4.11. The Morgan fingerprint density at radius 2 is 2.20 bits per heavy atom. The summed E-state index contributed by atoms with van der Waals surface area (Å²) in [4.78, 5) is 24.9. The average Bonchev–Trinajstić information content (AvgIpc) is 3.07. The van der Waals surface area contributed by atoms with Crippen molar-refractivity contribution in [1.29, 1.82) is 0 Å². The molecule has 2 aliphatic rings. The summed E-state index contributed by atoms with van der Waals surface area (Å²) in [5.74, 6) is 0.0783. The second-order valence-electron chi connectivity index (χ2n) is 5.50. The number of rotatable bonds is 4. The molecule has 2 fully saturated rings. The van der Waals surface area contributed by atoms with Gasteiger partial charge in [0, 0.05) is 18.2 Å². The highest BCUT2D eigenvalue weighted by Gasteiger charge is 2.40. The van der Waals surface area contributed by atoms with Crippen LogP contribution in [0.2, 0.25) is 0 Å². The largest absolute Gasteiger partial charge is 0.482 e. The fourth-order valence-corrected chi connectivity index (χ4v) is 3.20. The van der Waals surface area contributed by atoms with Crippen LogP contribution >= 0.6 is 0 Å². The Morgan fingerprint density at radius 1 is 1.35 bits per heavy atom. The van der Waals surface area contributed by atoms with Crippen molar-refractivity contribution in [3.05, 3.63) is 29.8 Å². The fourth-order valence-electron chi connectivity index (χ4n) is 3.20. The van der Waals surface area contributed by atoms with Gasteiger partial charge >= 0.3 is 5.97 Å². The summed E-state index contributed by atoms with van der Waals surface area (Å²) in [5.41, 5.74) is 0.570. The summed E-state index contributed by atoms with van der Waals surface area (Å²) in [7, 11) is 0. The molecule has 0 spiro atoms. The van der Waals surface area contributed by atoms with Crippen LogP contribution in [-0.4, -0.2) is 41.1 Å². The lowest BCUT2D eigenvalue weighted by Gasteiger charge is -2.27. The molecule has 2 unspecified atom stereocenters. The number of likely N-dealkylation sites (tertiary alicyclic amines) is 1. The smallest absolute Gasteiger partial charge is 0.341 e. The van der Waals surface area contributed by atoms with Crippen molar-refractivity contribution in [2.24, 2.45) is 5.92 Å². The molecule has 0 radical (unpaired) electrons. The topological polar surface area (TPSA) is 66.8 Å². The number of benzene rings is 1. The van der Waals surface area contributed by atoms with E-state index in [0.29, 0.717) is 23.3 Å². The highest BCUT2D eigenvalue weighted by molar-refractivity contribution is 5.95. The van der Waals surface area contributed by atoms with Crippen LogP contribution in [0.5, 0.6) is 5.75 Å². The van der Waals surface area contributed by atoms with E-state index in [2.05, 4.69) is 0 Å². The Hall–Kier alpha value is -2.04. The van der Waals surface area contributed by atoms with Gasteiger partial charge < -0.3 is 14.7 Å². The normalized spacial score (nSPS) is 23.9. The zero-order valence-corrected chi connectivity index (χ0v) is 11.1. The van der Waals surface area contributed by atoms with Gasteiger partial charge in [-0.3, -0.25) is 4.79 Å². The van der Waals surface area contributed by atoms with Crippen molar-refractivity contribution in [1.82, 2.24) is 4.90 Å². The van der Waals surface area contributed by atoms with Crippen LogP contribution < -0.4 is 4.74 Å². The van der Waals surface area contributed by atoms with Gasteiger partial charge in [0.1, 0.15) is 5.75 Å². The quantitative estimate of drug-likeness (QED) is 0.909. The van der Waals surface area contributed by atoms with E-state index in [1.54, 1.807) is 24.3 Å². The number of ether oxygens (including phenoxy) is 1. The van der Waals surface area contributed by atoms with Gasteiger partial charge in [0.25, 0.3) is 5.91 Å². The Labute approximate surface area is 117 Å². The highest BCUT2D eigenvalue weighted by atomic mass is 16.5. The van der Waals surface area contributed by atoms with E-state index in [1.165, 1.54) is 6.42 Å². The van der Waals surface area contributed by atoms with Crippen LogP contribution in [-0.2, 0) is 4.79 Å². The predicted molar refractivity (Wildman–Crippen MR) is 71.7 cm³/mol. The summed E-state index contributed by atoms with van der Waals surface area (Å²) in [5, 5.41) is 8.60. The first-order chi connectivity index (χ1) is 9.63. The SMILES string of the molecule is O=C(O)COc1cccc(C(=O)N2CC3CCC2C3)c1. The Bertz CT molecular complexity index is 542. The molecule has 1 aromatic carbocycles. The van der Waals surface area contributed by atoms with Crippen molar-refractivity contribution in [3.8, 4) is 5.75 Å². The zero-order valence-electron chi connectivity index (χ0n) is 11.1. The number of aliphatic carboxylic acids is 1. The van der Waals surface area contributed by atoms with E-state index in [1.807, 2.05) is 4.90 Å². The number of carbonyl (C=O) groups excluding carboxylic acids is 1. The molecular formula is C15H17NO4. The second-order valence-corrected chi connectivity index (χ2v) is 5.50. The van der Waals surface area contributed by atoms with Gasteiger partial charge in [0.05, 0.1) is 0 Å². The predicted octanol–water partition coefficient (Wildman–Crippen LogP) is 1.77. The van der Waals surface area contributed by atoms with Crippen LogP contribution in [0.4, 0.5) is 0 Å². The maximum atomic E-state index is 12.5. The van der Waals surface area contributed by atoms with Crippen LogP contribution in [0.25, 0.3) is 0 Å². The molecule has 1 aliphatic heterocycles. The zero-order chi connectivity index (χ0) is 14.1. The molecule has 1 saturated carbocycles. The van der Waals surface area contributed by atoms with Crippen molar-refractivity contribution >= 4 is 11.9 Å². The fraction of sp³-hybridized carbons (Fsp3) is 0.467. The third-order valence-corrected chi connectivity index (χ3v) is 4.11. The minimum absolute atomic E-state index is 0.0259. The summed E-state index contributed by atoms with van der Waals surface area (Å²) in [6, 6.07) is 7.14. The minimum atomic E-state index is -1.03. The van der Waals surface area contributed by atoms with Crippen molar-refractivity contribution in [2.45, 2.75) is 25.3 Å². The molecule has 1 saturated heterocycles. The van der Waals surface area contributed by atoms with Gasteiger partial charge in [0.15, 0.2) is 6.61 Å². The first kappa shape index (κ1) is 13.0. The summed E-state index contributed by atoms with van der Waals surface area (Å²) >= 11 is 0. The number of hydrogen-bond acceptors (Lipinski definition) is 3. The second kappa shape index (κ2) is 5.15. The standard InChI is InChI=1S/C15H17NO4/c17-14(18)9-20-13-3-1-2-11(7-13)15(19)16-8-10-4-5-12(16)6-10/h1-3,7,10,12H,4-6,8-9H2,(H,17,18). The monoisotopic (exact) mass is 275 g/mol. The first-order valence-corrected chi connectivity index (χ1v) is 6.89. The number of carboxylic acid groups (broad SMARTS) is 1. The van der Waals surface area contributed by atoms with Crippen LogP contribution in [0.15, 0.2) is 24.3 Å². The summed E-state index contributed by atoms with van der Waals surface area (Å²) in [6.45, 7) is 0.454. The van der Waals surface area contributed by atoms with E-state index in [4.69, 9.17) is 9.84 Å². The first-order valence-electron chi connectivity index (χ1n) is 6.89. The number of carboxylic acids is 1. The third kappa shape index (κ3) is 2.48. The average molecular weight is 275 g/mol. The van der Waals surface area contributed by atoms with Crippen molar-refractivity contribution in [3.63, 3.8) is 0 Å². The van der Waals surface area contributed by atoms with E-state index >= 15 is 0 Å². The van der Waals surface area contributed by atoms with Gasteiger partial charge in [-0.15, -0.1) is 0 Å². The molecule has 3 rings (SSSR count). The molecule has 106 valence electrons. The molecule has 1 amide bonds. The molecule has 2 atom stereocenters. The van der Waals surface area contributed by atoms with Gasteiger partial charge in [-0.05, 0) is 43.4 Å². The number of hydrogen-bond donors (Lipinski definition) is 1. The number of fused-ring (bicyclic) bond motifs is 2. The van der Waals surface area contributed by atoms with Crippen LogP contribution in [0.1, 0.15) is 29.6 Å². The molecule has 1 aliphatic carbocycles. The number of piperidine rings is 1. The molecule has 1 N–H and O–H groups in total. The molecule has 5 heteroatoms. The van der Waals surface area contributed by atoms with Crippen molar-refractivity contribution < 1.29 is 19.4 Å². The number of carbonyl (C=O) groups is 2. The van der Waals surface area contributed by atoms with Gasteiger partial charge in [0.2, 0.25) is 0 Å². The van der Waals surface area contributed by atoms with E-state index in [0.717, 1.165) is 19.4 Å². The van der Waals surface area contributed by atoms with Gasteiger partial charge in [-0.25, -0.2) is 4.79 Å². The summed E-state index contributed by atoms with van der Waals surface area (Å²) in [6.07, 6.45) is 3.46. The van der Waals surface area contributed by atoms with Gasteiger partial charge in [-0.2, -0.15) is 0 Å². The maximum absolute atomic E-state index is 12.5. The Morgan fingerprint density at radius 3 is 2.85 bits per heavy atom. The Kier molecular flexibility index (Phi) is 3.34. The maximum Gasteiger partial charge on any atom is 0.341 e. The molecule has 20 heavy (non-hydrogen) atoms. The highest BCUT2D eigenvalue weighted by Crippen LogP contribution is 2.38. The molecule has 2 bridgehead atoms. The molecular weight excluding hydrogens is 258 g/mol. The van der Waals surface area contributed by atoms with E-state index in [9.17, 15) is 9.59 Å². The summed E-state index contributed by atoms with van der Waals surface area (Å²) < 4.78 is 5.11. The molecule has 1 aromatic rings. The molecule has 5 nitrogen and oxygen atoms in total. The lowest BCUT2D eigenvalue weighted by molar-refractivity contribution is -0.139. The Balaban J connectivity index is 1.71. The lowest BCUT2D eigenvalue weighted by atomic mass is 10.1. The van der Waals surface area contributed by atoms with Gasteiger partial charge in [-0.1, -0.05) is 6.07 Å². The van der Waals surface area contributed by atoms with E-state index < -0.39 is 12.6 Å². The molecule has 1 heterocycles. The van der Waals surface area contributed by atoms with E-state index in [-0.39, 0.29) is 5.91 Å². The minimum Gasteiger partial charge on any atom is -0.482 e. The van der Waals surface area contributed by atoms with Crippen LogP contribution in [0, 0.1) is 5.92 Å². The van der Waals surface area contributed by atoms with Crippen molar-refractivity contribution in [2.75, 3.05) is 13.2 Å².